The molecule has 0 spiro atoms. The second-order valence-corrected chi connectivity index (χ2v) is 6.06. The van der Waals surface area contributed by atoms with E-state index in [9.17, 15) is 8.42 Å². The zero-order chi connectivity index (χ0) is 10.8. The molecule has 1 rings (SSSR count). The summed E-state index contributed by atoms with van der Waals surface area (Å²) in [5.74, 6) is 0.215. The summed E-state index contributed by atoms with van der Waals surface area (Å²) >= 11 is 0. The van der Waals surface area contributed by atoms with Crippen LogP contribution in [0.5, 0.6) is 0 Å². The fourth-order valence-corrected chi connectivity index (χ4v) is 2.92. The van der Waals surface area contributed by atoms with Crippen LogP contribution in [0.15, 0.2) is 0 Å². The Bertz CT molecular complexity index is 277. The lowest BCUT2D eigenvalue weighted by molar-refractivity contribution is 0.144. The van der Waals surface area contributed by atoms with Crippen molar-refractivity contribution < 1.29 is 8.42 Å². The van der Waals surface area contributed by atoms with Gasteiger partial charge in [-0.25, -0.2) is 8.42 Å². The maximum Gasteiger partial charge on any atom is 0.213 e. The van der Waals surface area contributed by atoms with Gasteiger partial charge in [-0.2, -0.15) is 4.31 Å². The number of likely N-dealkylation sites (N-methyl/N-ethyl adjacent to an activating group) is 1. The minimum atomic E-state index is -2.98. The van der Waals surface area contributed by atoms with Crippen LogP contribution < -0.4 is 0 Å². The molecule has 0 aliphatic carbocycles. The molecule has 1 fully saturated rings. The van der Waals surface area contributed by atoms with E-state index in [0.717, 1.165) is 13.0 Å². The molecule has 5 heteroatoms. The highest BCUT2D eigenvalue weighted by Crippen LogP contribution is 2.14. The van der Waals surface area contributed by atoms with E-state index in [1.807, 2.05) is 0 Å². The molecule has 1 aliphatic rings. The minimum absolute atomic E-state index is 0.215. The van der Waals surface area contributed by atoms with Crippen LogP contribution in [-0.2, 0) is 10.0 Å². The number of sulfonamides is 1. The SMILES string of the molecule is CCC1CN(S(=O)(=O)CC)CCN1C. The van der Waals surface area contributed by atoms with Crippen LogP contribution in [0.2, 0.25) is 0 Å². The summed E-state index contributed by atoms with van der Waals surface area (Å²) in [5, 5.41) is 0. The second kappa shape index (κ2) is 4.59. The van der Waals surface area contributed by atoms with Crippen molar-refractivity contribution in [3.05, 3.63) is 0 Å². The molecule has 1 atom stereocenters. The minimum Gasteiger partial charge on any atom is -0.301 e. The highest BCUT2D eigenvalue weighted by Gasteiger charge is 2.29. The van der Waals surface area contributed by atoms with Gasteiger partial charge in [-0.3, -0.25) is 0 Å². The zero-order valence-electron chi connectivity index (χ0n) is 9.23. The third kappa shape index (κ3) is 2.46. The third-order valence-electron chi connectivity index (χ3n) is 2.97. The summed E-state index contributed by atoms with van der Waals surface area (Å²) in [6, 6.07) is 0.380. The first kappa shape index (κ1) is 11.9. The molecular formula is C9H20N2O2S. The quantitative estimate of drug-likeness (QED) is 0.689. The van der Waals surface area contributed by atoms with Crippen LogP contribution in [0, 0.1) is 0 Å². The van der Waals surface area contributed by atoms with Gasteiger partial charge in [0.05, 0.1) is 5.75 Å². The number of nitrogens with zero attached hydrogens (tertiary/aromatic N) is 2. The van der Waals surface area contributed by atoms with Crippen LogP contribution in [0.3, 0.4) is 0 Å². The predicted molar refractivity (Wildman–Crippen MR) is 57.7 cm³/mol. The van der Waals surface area contributed by atoms with Gasteiger partial charge in [0.15, 0.2) is 0 Å². The summed E-state index contributed by atoms with van der Waals surface area (Å²) in [6.45, 7) is 5.95. The molecule has 0 saturated carbocycles. The van der Waals surface area contributed by atoms with E-state index in [-0.39, 0.29) is 5.75 Å². The van der Waals surface area contributed by atoms with Crippen molar-refractivity contribution in [3.8, 4) is 0 Å². The van der Waals surface area contributed by atoms with Crippen LogP contribution in [0.4, 0.5) is 0 Å². The van der Waals surface area contributed by atoms with Gasteiger partial charge in [-0.05, 0) is 20.4 Å². The summed E-state index contributed by atoms with van der Waals surface area (Å²) in [6.07, 6.45) is 1.01. The number of hydrogen-bond acceptors (Lipinski definition) is 3. The van der Waals surface area contributed by atoms with Gasteiger partial charge in [-0.15, -0.1) is 0 Å². The molecule has 1 aliphatic heterocycles. The highest BCUT2D eigenvalue weighted by atomic mass is 32.2. The van der Waals surface area contributed by atoms with Crippen LogP contribution in [0.1, 0.15) is 20.3 Å². The Hall–Kier alpha value is -0.130. The Morgan fingerprint density at radius 1 is 1.29 bits per heavy atom. The average molecular weight is 220 g/mol. The molecule has 4 nitrogen and oxygen atoms in total. The van der Waals surface area contributed by atoms with Crippen LogP contribution in [-0.4, -0.2) is 56.1 Å². The van der Waals surface area contributed by atoms with E-state index in [1.54, 1.807) is 11.2 Å². The first-order valence-corrected chi connectivity index (χ1v) is 6.80. The normalized spacial score (nSPS) is 26.6. The third-order valence-corrected chi connectivity index (χ3v) is 4.82. The van der Waals surface area contributed by atoms with Gasteiger partial charge in [0.25, 0.3) is 0 Å². The Labute approximate surface area is 86.9 Å². The molecule has 0 aromatic heterocycles. The van der Waals surface area contributed by atoms with Crippen molar-refractivity contribution in [2.75, 3.05) is 32.4 Å². The summed E-state index contributed by atoms with van der Waals surface area (Å²) in [5.41, 5.74) is 0. The molecule has 0 amide bonds. The molecule has 0 aromatic carbocycles. The van der Waals surface area contributed by atoms with Crippen molar-refractivity contribution in [3.63, 3.8) is 0 Å². The fourth-order valence-electron chi connectivity index (χ4n) is 1.79. The van der Waals surface area contributed by atoms with Crippen molar-refractivity contribution in [2.45, 2.75) is 26.3 Å². The smallest absolute Gasteiger partial charge is 0.213 e. The van der Waals surface area contributed by atoms with Crippen molar-refractivity contribution in [2.24, 2.45) is 0 Å². The summed E-state index contributed by atoms with van der Waals surface area (Å²) < 4.78 is 24.9. The molecule has 14 heavy (non-hydrogen) atoms. The highest BCUT2D eigenvalue weighted by molar-refractivity contribution is 7.89. The molecule has 0 aromatic rings. The van der Waals surface area contributed by atoms with E-state index in [0.29, 0.717) is 19.1 Å². The summed E-state index contributed by atoms with van der Waals surface area (Å²) in [7, 11) is -0.921. The van der Waals surface area contributed by atoms with Crippen LogP contribution in [0.25, 0.3) is 0 Å². The predicted octanol–water partition coefficient (Wildman–Crippen LogP) is 0.362. The van der Waals surface area contributed by atoms with Crippen molar-refractivity contribution >= 4 is 10.0 Å². The Morgan fingerprint density at radius 2 is 1.93 bits per heavy atom. The van der Waals surface area contributed by atoms with Crippen molar-refractivity contribution in [1.82, 2.24) is 9.21 Å². The maximum atomic E-state index is 11.6. The first-order valence-electron chi connectivity index (χ1n) is 5.19. The van der Waals surface area contributed by atoms with Crippen molar-refractivity contribution in [1.29, 1.82) is 0 Å². The van der Waals surface area contributed by atoms with E-state index in [1.165, 1.54) is 0 Å². The lowest BCUT2D eigenvalue weighted by atomic mass is 10.1. The number of hydrogen-bond donors (Lipinski definition) is 0. The standard InChI is InChI=1S/C9H20N2O2S/c1-4-9-8-11(7-6-10(9)3)14(12,13)5-2/h9H,4-8H2,1-3H3. The molecule has 1 heterocycles. The molecule has 1 saturated heterocycles. The number of piperazine rings is 1. The van der Waals surface area contributed by atoms with Gasteiger partial charge < -0.3 is 4.90 Å². The van der Waals surface area contributed by atoms with E-state index in [2.05, 4.69) is 18.9 Å². The van der Waals surface area contributed by atoms with Gasteiger partial charge in [0.2, 0.25) is 10.0 Å². The Morgan fingerprint density at radius 3 is 2.43 bits per heavy atom. The lowest BCUT2D eigenvalue weighted by Gasteiger charge is -2.38. The van der Waals surface area contributed by atoms with Gasteiger partial charge in [-0.1, -0.05) is 6.92 Å². The van der Waals surface area contributed by atoms with E-state index in [4.69, 9.17) is 0 Å². The zero-order valence-corrected chi connectivity index (χ0v) is 10.0. The Balaban J connectivity index is 2.68. The lowest BCUT2D eigenvalue weighted by Crippen LogP contribution is -2.53. The largest absolute Gasteiger partial charge is 0.301 e. The molecule has 0 radical (unpaired) electrons. The molecule has 0 N–H and O–H groups in total. The van der Waals surface area contributed by atoms with Crippen LogP contribution >= 0.6 is 0 Å². The topological polar surface area (TPSA) is 40.6 Å². The second-order valence-electron chi connectivity index (χ2n) is 3.80. The number of rotatable bonds is 3. The van der Waals surface area contributed by atoms with E-state index >= 15 is 0 Å². The Kier molecular flexibility index (Phi) is 3.92. The van der Waals surface area contributed by atoms with Gasteiger partial charge in [0.1, 0.15) is 0 Å². The molecular weight excluding hydrogens is 200 g/mol. The molecule has 84 valence electrons. The average Bonchev–Trinajstić information content (AvgIpc) is 2.18. The van der Waals surface area contributed by atoms with E-state index < -0.39 is 10.0 Å². The summed E-state index contributed by atoms with van der Waals surface area (Å²) in [4.78, 5) is 2.24. The fraction of sp³-hybridized carbons (Fsp3) is 1.00. The maximum absolute atomic E-state index is 11.6. The molecule has 0 bridgehead atoms. The van der Waals surface area contributed by atoms with Gasteiger partial charge in [0, 0.05) is 25.7 Å². The first-order chi connectivity index (χ1) is 6.51. The molecule has 1 unspecified atom stereocenters. The van der Waals surface area contributed by atoms with Gasteiger partial charge >= 0.3 is 0 Å². The monoisotopic (exact) mass is 220 g/mol.